The number of carbonyl (C=O) groups excluding carboxylic acids is 1. The highest BCUT2D eigenvalue weighted by Crippen LogP contribution is 2.20. The second-order valence-corrected chi connectivity index (χ2v) is 3.18. The number of aromatic nitrogens is 2. The lowest BCUT2D eigenvalue weighted by atomic mass is 10.2. The molecule has 1 aliphatic heterocycles. The van der Waals surface area contributed by atoms with E-state index in [0.29, 0.717) is 12.2 Å². The fraction of sp³-hybridized carbons (Fsp3) is 0.556. The molecule has 2 heterocycles. The maximum Gasteiger partial charge on any atom is 0.358 e. The molecule has 2 rings (SSSR count). The van der Waals surface area contributed by atoms with Gasteiger partial charge in [-0.25, -0.2) is 4.79 Å². The summed E-state index contributed by atoms with van der Waals surface area (Å²) in [4.78, 5) is 11.4. The van der Waals surface area contributed by atoms with E-state index in [1.807, 2.05) is 11.6 Å². The molecular formula is C9H13N3O2. The van der Waals surface area contributed by atoms with E-state index < -0.39 is 0 Å². The van der Waals surface area contributed by atoms with Crippen molar-refractivity contribution in [2.24, 2.45) is 0 Å². The van der Waals surface area contributed by atoms with Crippen molar-refractivity contribution in [2.45, 2.75) is 26.6 Å². The molecule has 0 aliphatic carbocycles. The molecule has 0 fully saturated rings. The molecule has 0 spiro atoms. The van der Waals surface area contributed by atoms with Gasteiger partial charge >= 0.3 is 5.97 Å². The van der Waals surface area contributed by atoms with E-state index in [2.05, 4.69) is 15.2 Å². The van der Waals surface area contributed by atoms with Crippen LogP contribution in [0.3, 0.4) is 0 Å². The van der Waals surface area contributed by atoms with Crippen molar-refractivity contribution in [3.05, 3.63) is 17.0 Å². The molecule has 5 nitrogen and oxygen atoms in total. The van der Waals surface area contributed by atoms with Gasteiger partial charge in [0.2, 0.25) is 0 Å². The van der Waals surface area contributed by atoms with Gasteiger partial charge in [-0.05, 0) is 6.92 Å². The third-order valence-corrected chi connectivity index (χ3v) is 2.44. The highest BCUT2D eigenvalue weighted by molar-refractivity contribution is 5.89. The first-order chi connectivity index (χ1) is 6.77. The fourth-order valence-corrected chi connectivity index (χ4v) is 1.75. The number of carbonyl (C=O) groups is 1. The standard InChI is InChI=1S/C9H13N3O2/c1-3-12-7-5-10-4-6(7)8(11-12)9(13)14-2/h10H,3-5H2,1-2H3. The Balaban J connectivity index is 2.46. The van der Waals surface area contributed by atoms with Crippen molar-refractivity contribution in [3.63, 3.8) is 0 Å². The van der Waals surface area contributed by atoms with Gasteiger partial charge in [-0.3, -0.25) is 4.68 Å². The normalized spacial score (nSPS) is 14.1. The number of nitrogens with zero attached hydrogens (tertiary/aromatic N) is 2. The molecule has 0 saturated heterocycles. The first-order valence-corrected chi connectivity index (χ1v) is 4.65. The van der Waals surface area contributed by atoms with Crippen molar-refractivity contribution < 1.29 is 9.53 Å². The highest BCUT2D eigenvalue weighted by Gasteiger charge is 2.25. The lowest BCUT2D eigenvalue weighted by molar-refractivity contribution is 0.0591. The van der Waals surface area contributed by atoms with Gasteiger partial charge in [-0.2, -0.15) is 5.10 Å². The Morgan fingerprint density at radius 1 is 1.64 bits per heavy atom. The van der Waals surface area contributed by atoms with E-state index in [-0.39, 0.29) is 5.97 Å². The minimum atomic E-state index is -0.350. The predicted molar refractivity (Wildman–Crippen MR) is 49.8 cm³/mol. The Morgan fingerprint density at radius 3 is 3.07 bits per heavy atom. The molecule has 0 unspecified atom stereocenters. The van der Waals surface area contributed by atoms with Crippen LogP contribution in [0.15, 0.2) is 0 Å². The number of ether oxygens (including phenoxy) is 1. The summed E-state index contributed by atoms with van der Waals surface area (Å²) in [5.41, 5.74) is 2.54. The van der Waals surface area contributed by atoms with Gasteiger partial charge < -0.3 is 10.1 Å². The summed E-state index contributed by atoms with van der Waals surface area (Å²) in [5.74, 6) is -0.350. The first-order valence-electron chi connectivity index (χ1n) is 4.65. The number of methoxy groups -OCH3 is 1. The third-order valence-electron chi connectivity index (χ3n) is 2.44. The van der Waals surface area contributed by atoms with E-state index in [4.69, 9.17) is 0 Å². The Hall–Kier alpha value is -1.36. The molecule has 1 aliphatic rings. The van der Waals surface area contributed by atoms with Gasteiger partial charge in [0.1, 0.15) is 0 Å². The van der Waals surface area contributed by atoms with Gasteiger partial charge in [0.25, 0.3) is 0 Å². The Bertz CT molecular complexity index is 370. The summed E-state index contributed by atoms with van der Waals surface area (Å²) in [6.45, 7) is 4.28. The van der Waals surface area contributed by atoms with Crippen LogP contribution in [0.4, 0.5) is 0 Å². The van der Waals surface area contributed by atoms with E-state index in [1.54, 1.807) is 0 Å². The van der Waals surface area contributed by atoms with Crippen molar-refractivity contribution in [1.82, 2.24) is 15.1 Å². The van der Waals surface area contributed by atoms with Gasteiger partial charge in [0.15, 0.2) is 5.69 Å². The molecule has 1 aromatic rings. The zero-order valence-electron chi connectivity index (χ0n) is 8.33. The van der Waals surface area contributed by atoms with Crippen LogP contribution < -0.4 is 5.32 Å². The Labute approximate surface area is 82.0 Å². The molecule has 0 atom stereocenters. The summed E-state index contributed by atoms with van der Waals surface area (Å²) in [7, 11) is 1.38. The average molecular weight is 195 g/mol. The zero-order chi connectivity index (χ0) is 10.1. The summed E-state index contributed by atoms with van der Waals surface area (Å²) >= 11 is 0. The van der Waals surface area contributed by atoms with Gasteiger partial charge in [0.05, 0.1) is 12.8 Å². The largest absolute Gasteiger partial charge is 0.464 e. The van der Waals surface area contributed by atoms with E-state index in [1.165, 1.54) is 7.11 Å². The zero-order valence-corrected chi connectivity index (χ0v) is 8.33. The minimum absolute atomic E-state index is 0.350. The maximum absolute atomic E-state index is 11.4. The number of aryl methyl sites for hydroxylation is 1. The molecule has 1 aromatic heterocycles. The van der Waals surface area contributed by atoms with Crippen molar-refractivity contribution >= 4 is 5.97 Å². The van der Waals surface area contributed by atoms with E-state index in [0.717, 1.165) is 24.3 Å². The molecule has 0 bridgehead atoms. The fourth-order valence-electron chi connectivity index (χ4n) is 1.75. The summed E-state index contributed by atoms with van der Waals surface area (Å²) in [6, 6.07) is 0. The number of esters is 1. The van der Waals surface area contributed by atoms with Crippen LogP contribution in [-0.2, 0) is 24.4 Å². The molecule has 1 N–H and O–H groups in total. The van der Waals surface area contributed by atoms with Gasteiger partial charge in [-0.1, -0.05) is 0 Å². The number of rotatable bonds is 2. The van der Waals surface area contributed by atoms with Crippen LogP contribution in [0.2, 0.25) is 0 Å². The molecule has 0 radical (unpaired) electrons. The van der Waals surface area contributed by atoms with Crippen LogP contribution in [0.5, 0.6) is 0 Å². The molecule has 0 saturated carbocycles. The maximum atomic E-state index is 11.4. The Kier molecular flexibility index (Phi) is 2.25. The molecular weight excluding hydrogens is 182 g/mol. The number of hydrogen-bond donors (Lipinski definition) is 1. The van der Waals surface area contributed by atoms with Gasteiger partial charge in [0, 0.05) is 25.2 Å². The van der Waals surface area contributed by atoms with Crippen molar-refractivity contribution in [2.75, 3.05) is 7.11 Å². The van der Waals surface area contributed by atoms with E-state index in [9.17, 15) is 4.79 Å². The molecule has 0 amide bonds. The summed E-state index contributed by atoms with van der Waals surface area (Å²) in [6.07, 6.45) is 0. The average Bonchev–Trinajstić information content (AvgIpc) is 2.76. The highest BCUT2D eigenvalue weighted by atomic mass is 16.5. The first kappa shape index (κ1) is 9.21. The van der Waals surface area contributed by atoms with Crippen molar-refractivity contribution in [1.29, 1.82) is 0 Å². The number of hydrogen-bond acceptors (Lipinski definition) is 4. The molecule has 5 heteroatoms. The van der Waals surface area contributed by atoms with Crippen molar-refractivity contribution in [3.8, 4) is 0 Å². The van der Waals surface area contributed by atoms with Crippen LogP contribution in [-0.4, -0.2) is 22.9 Å². The van der Waals surface area contributed by atoms with Crippen LogP contribution in [0.25, 0.3) is 0 Å². The lowest BCUT2D eigenvalue weighted by Gasteiger charge is -1.99. The van der Waals surface area contributed by atoms with Crippen LogP contribution in [0.1, 0.15) is 28.7 Å². The second kappa shape index (κ2) is 3.42. The molecule has 76 valence electrons. The van der Waals surface area contributed by atoms with Crippen LogP contribution >= 0.6 is 0 Å². The quantitative estimate of drug-likeness (QED) is 0.689. The molecule has 14 heavy (non-hydrogen) atoms. The van der Waals surface area contributed by atoms with Crippen LogP contribution in [0, 0.1) is 0 Å². The summed E-state index contributed by atoms with van der Waals surface area (Å²) < 4.78 is 6.53. The summed E-state index contributed by atoms with van der Waals surface area (Å²) in [5, 5.41) is 7.42. The topological polar surface area (TPSA) is 56.2 Å². The minimum Gasteiger partial charge on any atom is -0.464 e. The Morgan fingerprint density at radius 2 is 2.43 bits per heavy atom. The smallest absolute Gasteiger partial charge is 0.358 e. The van der Waals surface area contributed by atoms with E-state index >= 15 is 0 Å². The molecule has 0 aromatic carbocycles. The SMILES string of the molecule is CCn1nc(C(=O)OC)c2c1CNC2. The second-order valence-electron chi connectivity index (χ2n) is 3.18. The number of nitrogens with one attached hydrogen (secondary N) is 1. The third kappa shape index (κ3) is 1.21. The monoisotopic (exact) mass is 195 g/mol. The lowest BCUT2D eigenvalue weighted by Crippen LogP contribution is -2.11. The van der Waals surface area contributed by atoms with Gasteiger partial charge in [-0.15, -0.1) is 0 Å². The number of fused-ring (bicyclic) bond motifs is 1. The predicted octanol–water partition coefficient (Wildman–Crippen LogP) is 0.293.